The number of benzene rings is 2. The van der Waals surface area contributed by atoms with Crippen molar-refractivity contribution < 1.29 is 8.78 Å². The molecule has 0 fully saturated rings. The lowest BCUT2D eigenvalue weighted by atomic mass is 10.1. The van der Waals surface area contributed by atoms with Gasteiger partial charge in [-0.3, -0.25) is 0 Å². The molecule has 0 radical (unpaired) electrons. The standard InChI is InChI=1S/C9H10F2.C8H10/c1-6-3-8(5-10)7(2)9(11)4-6;1-7-3-5-8(2)6-4-7/h3-4H,5H2,1-2H3;3-6H,1-2H3. The molecule has 0 atom stereocenters. The fraction of sp³-hybridized carbons (Fsp3) is 0.294. The lowest BCUT2D eigenvalue weighted by molar-refractivity contribution is 0.479. The van der Waals surface area contributed by atoms with Crippen molar-refractivity contribution in [2.45, 2.75) is 34.4 Å². The van der Waals surface area contributed by atoms with Gasteiger partial charge in [0.25, 0.3) is 0 Å². The van der Waals surface area contributed by atoms with E-state index in [0.29, 0.717) is 11.1 Å². The first kappa shape index (κ1) is 15.4. The highest BCUT2D eigenvalue weighted by Crippen LogP contribution is 2.15. The molecule has 2 aromatic carbocycles. The number of hydrogen-bond donors (Lipinski definition) is 0. The summed E-state index contributed by atoms with van der Waals surface area (Å²) in [5.74, 6) is -0.322. The molecule has 0 aliphatic carbocycles. The minimum atomic E-state index is -0.593. The van der Waals surface area contributed by atoms with Gasteiger partial charge in [0.1, 0.15) is 12.5 Å². The zero-order valence-electron chi connectivity index (χ0n) is 11.9. The van der Waals surface area contributed by atoms with Crippen LogP contribution in [0.2, 0.25) is 0 Å². The number of aryl methyl sites for hydroxylation is 3. The Morgan fingerprint density at radius 3 is 1.68 bits per heavy atom. The topological polar surface area (TPSA) is 0 Å². The van der Waals surface area contributed by atoms with Crippen molar-refractivity contribution in [3.05, 3.63) is 70.0 Å². The van der Waals surface area contributed by atoms with Gasteiger partial charge in [0.15, 0.2) is 0 Å². The molecule has 102 valence electrons. The maximum absolute atomic E-state index is 12.9. The molecule has 0 saturated carbocycles. The highest BCUT2D eigenvalue weighted by atomic mass is 19.1. The molecule has 0 heterocycles. The van der Waals surface area contributed by atoms with Gasteiger partial charge in [-0.15, -0.1) is 0 Å². The average molecular weight is 262 g/mol. The van der Waals surface area contributed by atoms with Crippen LogP contribution in [0.4, 0.5) is 8.78 Å². The van der Waals surface area contributed by atoms with E-state index in [0.717, 1.165) is 5.56 Å². The lowest BCUT2D eigenvalue weighted by Crippen LogP contribution is -1.91. The van der Waals surface area contributed by atoms with E-state index in [-0.39, 0.29) is 5.82 Å². The molecule has 0 N–H and O–H groups in total. The monoisotopic (exact) mass is 262 g/mol. The van der Waals surface area contributed by atoms with E-state index < -0.39 is 6.67 Å². The SMILES string of the molecule is Cc1cc(F)c(C)c(CF)c1.Cc1ccc(C)cc1. The number of halogens is 2. The van der Waals surface area contributed by atoms with Crippen molar-refractivity contribution in [2.75, 3.05) is 0 Å². The summed E-state index contributed by atoms with van der Waals surface area (Å²) >= 11 is 0. The van der Waals surface area contributed by atoms with Gasteiger partial charge in [-0.05, 0) is 50.5 Å². The molecule has 0 aliphatic rings. The van der Waals surface area contributed by atoms with E-state index in [2.05, 4.69) is 38.1 Å². The predicted octanol–water partition coefficient (Wildman–Crippen LogP) is 5.22. The molecule has 0 bridgehead atoms. The maximum atomic E-state index is 12.9. The van der Waals surface area contributed by atoms with E-state index in [1.807, 2.05) is 0 Å². The Morgan fingerprint density at radius 2 is 1.26 bits per heavy atom. The van der Waals surface area contributed by atoms with Crippen LogP contribution in [0.25, 0.3) is 0 Å². The first-order chi connectivity index (χ1) is 8.93. The average Bonchev–Trinajstić information content (AvgIpc) is 2.38. The van der Waals surface area contributed by atoms with E-state index in [1.54, 1.807) is 19.9 Å². The summed E-state index contributed by atoms with van der Waals surface area (Å²) in [6.45, 7) is 6.94. The van der Waals surface area contributed by atoms with Crippen LogP contribution >= 0.6 is 0 Å². The molecular formula is C17H20F2. The van der Waals surface area contributed by atoms with Crippen molar-refractivity contribution >= 4 is 0 Å². The van der Waals surface area contributed by atoms with Gasteiger partial charge in [-0.25, -0.2) is 8.78 Å². The molecule has 0 saturated heterocycles. The maximum Gasteiger partial charge on any atom is 0.126 e. The first-order valence-corrected chi connectivity index (χ1v) is 6.29. The zero-order valence-corrected chi connectivity index (χ0v) is 11.9. The molecule has 0 aliphatic heterocycles. The van der Waals surface area contributed by atoms with Gasteiger partial charge in [0.2, 0.25) is 0 Å². The number of rotatable bonds is 1. The molecule has 2 rings (SSSR count). The molecule has 0 nitrogen and oxygen atoms in total. The van der Waals surface area contributed by atoms with Gasteiger partial charge in [-0.2, -0.15) is 0 Å². The molecule has 0 aromatic heterocycles. The van der Waals surface area contributed by atoms with E-state index >= 15 is 0 Å². The Labute approximate surface area is 114 Å². The van der Waals surface area contributed by atoms with Crippen LogP contribution in [0.1, 0.15) is 27.8 Å². The van der Waals surface area contributed by atoms with Crippen LogP contribution in [0.15, 0.2) is 36.4 Å². The zero-order chi connectivity index (χ0) is 14.4. The van der Waals surface area contributed by atoms with E-state index in [9.17, 15) is 8.78 Å². The normalized spacial score (nSPS) is 9.79. The van der Waals surface area contributed by atoms with Crippen LogP contribution in [0.5, 0.6) is 0 Å². The van der Waals surface area contributed by atoms with Gasteiger partial charge >= 0.3 is 0 Å². The first-order valence-electron chi connectivity index (χ1n) is 6.29. The third-order valence-electron chi connectivity index (χ3n) is 2.96. The molecule has 0 unspecified atom stereocenters. The van der Waals surface area contributed by atoms with Crippen LogP contribution in [0, 0.1) is 33.5 Å². The van der Waals surface area contributed by atoms with Crippen molar-refractivity contribution in [2.24, 2.45) is 0 Å². The Kier molecular flexibility index (Phi) is 5.68. The molecular weight excluding hydrogens is 242 g/mol. The highest BCUT2D eigenvalue weighted by molar-refractivity contribution is 5.31. The fourth-order valence-corrected chi connectivity index (χ4v) is 1.66. The van der Waals surface area contributed by atoms with Crippen molar-refractivity contribution in [1.29, 1.82) is 0 Å². The summed E-state index contributed by atoms with van der Waals surface area (Å²) in [6.07, 6.45) is 0. The van der Waals surface area contributed by atoms with Crippen molar-refractivity contribution in [3.63, 3.8) is 0 Å². The highest BCUT2D eigenvalue weighted by Gasteiger charge is 2.03. The van der Waals surface area contributed by atoms with Crippen LogP contribution < -0.4 is 0 Å². The molecule has 19 heavy (non-hydrogen) atoms. The van der Waals surface area contributed by atoms with Gasteiger partial charge in [0.05, 0.1) is 0 Å². The molecule has 0 spiro atoms. The number of hydrogen-bond acceptors (Lipinski definition) is 0. The van der Waals surface area contributed by atoms with Gasteiger partial charge in [0, 0.05) is 0 Å². The lowest BCUT2D eigenvalue weighted by Gasteiger charge is -2.03. The Morgan fingerprint density at radius 1 is 0.789 bits per heavy atom. The second-order valence-corrected chi connectivity index (χ2v) is 4.82. The minimum absolute atomic E-state index is 0.322. The summed E-state index contributed by atoms with van der Waals surface area (Å²) in [4.78, 5) is 0. The van der Waals surface area contributed by atoms with Crippen molar-refractivity contribution in [3.8, 4) is 0 Å². The quantitative estimate of drug-likeness (QED) is 0.661. The summed E-state index contributed by atoms with van der Waals surface area (Å²) in [5, 5.41) is 0. The largest absolute Gasteiger partial charge is 0.246 e. The van der Waals surface area contributed by atoms with Crippen LogP contribution in [0.3, 0.4) is 0 Å². The summed E-state index contributed by atoms with van der Waals surface area (Å²) in [5.41, 5.74) is 4.28. The van der Waals surface area contributed by atoms with Crippen LogP contribution in [-0.2, 0) is 6.67 Å². The molecule has 2 heteroatoms. The van der Waals surface area contributed by atoms with E-state index in [1.165, 1.54) is 17.2 Å². The third kappa shape index (κ3) is 4.82. The fourth-order valence-electron chi connectivity index (χ4n) is 1.66. The number of alkyl halides is 1. The van der Waals surface area contributed by atoms with Gasteiger partial charge in [-0.1, -0.05) is 41.5 Å². The smallest absolute Gasteiger partial charge is 0.126 e. The van der Waals surface area contributed by atoms with E-state index in [4.69, 9.17) is 0 Å². The summed E-state index contributed by atoms with van der Waals surface area (Å²) in [6, 6.07) is 11.6. The Hall–Kier alpha value is -1.70. The Balaban J connectivity index is 0.000000200. The van der Waals surface area contributed by atoms with Gasteiger partial charge < -0.3 is 0 Å². The summed E-state index contributed by atoms with van der Waals surface area (Å²) < 4.78 is 25.0. The molecule has 2 aromatic rings. The van der Waals surface area contributed by atoms with Crippen molar-refractivity contribution in [1.82, 2.24) is 0 Å². The van der Waals surface area contributed by atoms with Crippen LogP contribution in [-0.4, -0.2) is 0 Å². The minimum Gasteiger partial charge on any atom is -0.246 e. The molecule has 0 amide bonds. The summed E-state index contributed by atoms with van der Waals surface area (Å²) in [7, 11) is 0. The second-order valence-electron chi connectivity index (χ2n) is 4.82. The second kappa shape index (κ2) is 7.03. The Bertz CT molecular complexity index is 507. The third-order valence-corrected chi connectivity index (χ3v) is 2.96. The predicted molar refractivity (Wildman–Crippen MR) is 76.6 cm³/mol.